The largest absolute Gasteiger partial charge is 0.326 e. The number of carbonyl (C=O) groups excluding carboxylic acids is 3. The summed E-state index contributed by atoms with van der Waals surface area (Å²) in [5.74, 6) is -0.559. The predicted octanol–water partition coefficient (Wildman–Crippen LogP) is 2.66. The molecule has 0 fully saturated rings. The molecule has 5 N–H and O–H groups in total. The van der Waals surface area contributed by atoms with Crippen molar-refractivity contribution >= 4 is 67.9 Å². The van der Waals surface area contributed by atoms with Crippen LogP contribution in [0.25, 0.3) is 0 Å². The monoisotopic (exact) mass is 519 g/mol. The lowest BCUT2D eigenvalue weighted by Crippen LogP contribution is -2.15. The number of aromatic nitrogens is 1. The highest BCUT2D eigenvalue weighted by atomic mass is 32.2. The number of benzene rings is 2. The van der Waals surface area contributed by atoms with Gasteiger partial charge in [0.25, 0.3) is 0 Å². The number of hydrogen-bond acceptors (Lipinski definition) is 8. The molecule has 0 saturated carbocycles. The molecule has 0 radical (unpaired) electrons. The van der Waals surface area contributed by atoms with E-state index in [2.05, 4.69) is 20.9 Å². The van der Waals surface area contributed by atoms with Gasteiger partial charge in [0.05, 0.1) is 22.8 Å². The number of carbonyl (C=O) groups is 3. The van der Waals surface area contributed by atoms with Crippen molar-refractivity contribution < 1.29 is 22.8 Å². The number of sulfonamides is 1. The summed E-state index contributed by atoms with van der Waals surface area (Å²) in [6.07, 6.45) is 0.0286. The Morgan fingerprint density at radius 1 is 0.912 bits per heavy atom. The third-order valence-corrected chi connectivity index (χ3v) is 7.15. The molecule has 3 rings (SSSR count). The summed E-state index contributed by atoms with van der Waals surface area (Å²) in [7, 11) is -3.80. The van der Waals surface area contributed by atoms with Gasteiger partial charge in [0.2, 0.25) is 27.7 Å². The fraction of sp³-hybridized carbons (Fsp3) is 0.143. The molecule has 10 nitrogen and oxygen atoms in total. The Bertz CT molecular complexity index is 1290. The van der Waals surface area contributed by atoms with Crippen molar-refractivity contribution in [3.8, 4) is 0 Å². The first kappa shape index (κ1) is 25.4. The molecule has 0 bridgehead atoms. The first-order valence-corrected chi connectivity index (χ1v) is 13.2. The Hall–Kier alpha value is -3.26. The van der Waals surface area contributed by atoms with Crippen LogP contribution >= 0.6 is 23.1 Å². The van der Waals surface area contributed by atoms with Crippen LogP contribution in [0.5, 0.6) is 0 Å². The normalized spacial score (nSPS) is 11.0. The fourth-order valence-electron chi connectivity index (χ4n) is 2.70. The second kappa shape index (κ2) is 11.2. The van der Waals surface area contributed by atoms with Gasteiger partial charge in [-0.25, -0.2) is 18.5 Å². The molecule has 34 heavy (non-hydrogen) atoms. The van der Waals surface area contributed by atoms with Crippen molar-refractivity contribution in [2.24, 2.45) is 5.14 Å². The van der Waals surface area contributed by atoms with Gasteiger partial charge >= 0.3 is 0 Å². The Morgan fingerprint density at radius 2 is 1.44 bits per heavy atom. The number of rotatable bonds is 9. The molecule has 1 aromatic heterocycles. The van der Waals surface area contributed by atoms with Crippen molar-refractivity contribution in [1.82, 2.24) is 4.98 Å². The van der Waals surface area contributed by atoms with Gasteiger partial charge in [0.1, 0.15) is 0 Å². The van der Waals surface area contributed by atoms with Crippen LogP contribution in [0.4, 0.5) is 17.1 Å². The number of thioether (sulfide) groups is 1. The molecule has 2 aromatic carbocycles. The minimum atomic E-state index is -3.80. The summed E-state index contributed by atoms with van der Waals surface area (Å²) in [6.45, 7) is 1.42. The van der Waals surface area contributed by atoms with Crippen molar-refractivity contribution in [2.45, 2.75) is 22.6 Å². The maximum Gasteiger partial charge on any atom is 0.238 e. The average molecular weight is 520 g/mol. The summed E-state index contributed by atoms with van der Waals surface area (Å²) in [5, 5.41) is 14.9. The number of hydrogen-bond donors (Lipinski definition) is 4. The number of nitrogens with zero attached hydrogens (tertiary/aromatic N) is 1. The minimum Gasteiger partial charge on any atom is -0.326 e. The zero-order chi connectivity index (χ0) is 24.7. The van der Waals surface area contributed by atoms with Crippen molar-refractivity contribution in [3.05, 3.63) is 59.6 Å². The smallest absolute Gasteiger partial charge is 0.238 e. The number of nitrogens with two attached hydrogens (primary N) is 1. The second-order valence-corrected chi connectivity index (χ2v) is 10.6. The summed E-state index contributed by atoms with van der Waals surface area (Å²) in [4.78, 5) is 39.8. The molecular formula is C21H21N5O5S3. The van der Waals surface area contributed by atoms with Crippen molar-refractivity contribution in [2.75, 3.05) is 21.7 Å². The Morgan fingerprint density at radius 3 is 2.00 bits per heavy atom. The van der Waals surface area contributed by atoms with Crippen molar-refractivity contribution in [1.29, 1.82) is 0 Å². The molecule has 178 valence electrons. The van der Waals surface area contributed by atoms with E-state index in [9.17, 15) is 22.8 Å². The van der Waals surface area contributed by atoms with Gasteiger partial charge in [-0.05, 0) is 48.5 Å². The van der Waals surface area contributed by atoms with Crippen LogP contribution in [-0.4, -0.2) is 36.9 Å². The molecule has 0 aliphatic carbocycles. The van der Waals surface area contributed by atoms with Crippen LogP contribution in [0.3, 0.4) is 0 Å². The van der Waals surface area contributed by atoms with Gasteiger partial charge < -0.3 is 16.0 Å². The first-order valence-electron chi connectivity index (χ1n) is 9.76. The predicted molar refractivity (Wildman–Crippen MR) is 132 cm³/mol. The number of amides is 3. The average Bonchev–Trinajstić information content (AvgIpc) is 3.20. The van der Waals surface area contributed by atoms with Crippen LogP contribution in [0.2, 0.25) is 0 Å². The lowest BCUT2D eigenvalue weighted by Gasteiger charge is -2.06. The highest BCUT2D eigenvalue weighted by Crippen LogP contribution is 2.24. The molecule has 3 amide bonds. The zero-order valence-corrected chi connectivity index (χ0v) is 20.4. The fourth-order valence-corrected chi connectivity index (χ4v) is 4.86. The molecular weight excluding hydrogens is 498 g/mol. The van der Waals surface area contributed by atoms with E-state index in [1.165, 1.54) is 54.3 Å². The van der Waals surface area contributed by atoms with E-state index >= 15 is 0 Å². The molecule has 0 atom stereocenters. The second-order valence-electron chi connectivity index (χ2n) is 6.99. The summed E-state index contributed by atoms with van der Waals surface area (Å²) in [5.41, 5.74) is 2.23. The van der Waals surface area contributed by atoms with Crippen LogP contribution in [0.1, 0.15) is 12.6 Å². The third-order valence-electron chi connectivity index (χ3n) is 4.15. The zero-order valence-electron chi connectivity index (χ0n) is 17.9. The van der Waals surface area contributed by atoms with Gasteiger partial charge in [0.15, 0.2) is 4.34 Å². The Kier molecular flexibility index (Phi) is 8.39. The molecule has 3 aromatic rings. The van der Waals surface area contributed by atoms with E-state index in [-0.39, 0.29) is 34.8 Å². The number of thiazole rings is 1. The Balaban J connectivity index is 1.45. The first-order chi connectivity index (χ1) is 16.1. The van der Waals surface area contributed by atoms with Gasteiger partial charge in [-0.2, -0.15) is 0 Å². The summed E-state index contributed by atoms with van der Waals surface area (Å²) in [6, 6.07) is 12.3. The van der Waals surface area contributed by atoms with E-state index in [0.29, 0.717) is 27.1 Å². The molecule has 1 heterocycles. The highest BCUT2D eigenvalue weighted by molar-refractivity contribution is 8.01. The van der Waals surface area contributed by atoms with E-state index in [1.54, 1.807) is 29.6 Å². The lowest BCUT2D eigenvalue weighted by molar-refractivity contribution is -0.116. The number of anilines is 3. The minimum absolute atomic E-state index is 0.0286. The van der Waals surface area contributed by atoms with E-state index in [0.717, 1.165) is 0 Å². The lowest BCUT2D eigenvalue weighted by atomic mass is 10.3. The quantitative estimate of drug-likeness (QED) is 0.316. The van der Waals surface area contributed by atoms with E-state index in [4.69, 9.17) is 5.14 Å². The van der Waals surface area contributed by atoms with Gasteiger partial charge in [-0.1, -0.05) is 11.8 Å². The number of primary sulfonamides is 1. The van der Waals surface area contributed by atoms with Crippen LogP contribution in [0.15, 0.2) is 63.1 Å². The van der Waals surface area contributed by atoms with Gasteiger partial charge in [0, 0.05) is 29.4 Å². The van der Waals surface area contributed by atoms with Gasteiger partial charge in [-0.3, -0.25) is 14.4 Å². The SMILES string of the molecule is CC(=O)Nc1ccc(NC(=O)CSc2nc(CC(=O)Nc3ccc(S(N)(=O)=O)cc3)cs2)cc1. The van der Waals surface area contributed by atoms with E-state index < -0.39 is 10.0 Å². The third kappa shape index (κ3) is 7.95. The van der Waals surface area contributed by atoms with E-state index in [1.807, 2.05) is 0 Å². The maximum absolute atomic E-state index is 12.2. The summed E-state index contributed by atoms with van der Waals surface area (Å²) >= 11 is 2.58. The van der Waals surface area contributed by atoms with Crippen LogP contribution < -0.4 is 21.1 Å². The topological polar surface area (TPSA) is 160 Å². The maximum atomic E-state index is 12.2. The van der Waals surface area contributed by atoms with Crippen LogP contribution in [-0.2, 0) is 30.8 Å². The van der Waals surface area contributed by atoms with Gasteiger partial charge in [-0.15, -0.1) is 11.3 Å². The van der Waals surface area contributed by atoms with Crippen LogP contribution in [0, 0.1) is 0 Å². The molecule has 0 saturated heterocycles. The molecule has 13 heteroatoms. The molecule has 0 unspecified atom stereocenters. The summed E-state index contributed by atoms with van der Waals surface area (Å²) < 4.78 is 23.2. The molecule has 0 aliphatic heterocycles. The molecule has 0 spiro atoms. The molecule has 0 aliphatic rings. The van der Waals surface area contributed by atoms with Crippen molar-refractivity contribution in [3.63, 3.8) is 0 Å². The Labute approximate surface area is 204 Å². The highest BCUT2D eigenvalue weighted by Gasteiger charge is 2.12. The standard InChI is InChI=1S/C21H21N5O5S3/c1-13(27)23-14-2-4-15(5-3-14)25-20(29)12-33-21-26-17(11-32-21)10-19(28)24-16-6-8-18(9-7-16)34(22,30)31/h2-9,11H,10,12H2,1H3,(H,23,27)(H,24,28)(H,25,29)(H2,22,30,31). The number of nitrogens with one attached hydrogen (secondary N) is 3.